The van der Waals surface area contributed by atoms with Gasteiger partial charge in [0.15, 0.2) is 11.7 Å². The van der Waals surface area contributed by atoms with Crippen LogP contribution in [0.3, 0.4) is 0 Å². The molecule has 6 rings (SSSR count). The third kappa shape index (κ3) is 4.93. The Hall–Kier alpha value is -5.27. The molecule has 1 aliphatic heterocycles. The summed E-state index contributed by atoms with van der Waals surface area (Å²) in [5.74, 6) is -2.41. The fraction of sp³-hybridized carbons (Fsp3) is 0.303. The monoisotopic (exact) mass is 623 g/mol. The topological polar surface area (TPSA) is 219 Å². The molecule has 2 aromatic heterocycles. The Morgan fingerprint density at radius 1 is 0.935 bits per heavy atom. The number of guanidine groups is 1. The van der Waals surface area contributed by atoms with Crippen LogP contribution in [0.15, 0.2) is 53.5 Å². The molecule has 0 bridgehead atoms. The number of carbonyl (C=O) groups is 4. The van der Waals surface area contributed by atoms with Crippen molar-refractivity contribution in [3.05, 3.63) is 59.7 Å². The number of hydrogen-bond acceptors (Lipinski definition) is 7. The molecule has 10 N–H and O–H groups in total. The maximum atomic E-state index is 14.2. The number of aryl methyl sites for hydroxylation is 1. The summed E-state index contributed by atoms with van der Waals surface area (Å²) in [5.41, 5.74) is 26.8. The van der Waals surface area contributed by atoms with Crippen LogP contribution in [0.25, 0.3) is 43.6 Å². The molecule has 46 heavy (non-hydrogen) atoms. The molecule has 3 atom stereocenters. The number of ketones is 1. The first-order valence-electron chi connectivity index (χ1n) is 15.2. The highest BCUT2D eigenvalue weighted by Gasteiger charge is 2.37. The van der Waals surface area contributed by atoms with Crippen LogP contribution in [0.2, 0.25) is 0 Å². The first kappa shape index (κ1) is 30.7. The van der Waals surface area contributed by atoms with Crippen molar-refractivity contribution in [1.29, 1.82) is 0 Å². The smallest absolute Gasteiger partial charge is 0.259 e. The maximum Gasteiger partial charge on any atom is 0.259 e. The molecule has 0 saturated heterocycles. The van der Waals surface area contributed by atoms with E-state index in [9.17, 15) is 19.2 Å². The van der Waals surface area contributed by atoms with E-state index < -0.39 is 35.7 Å². The third-order valence-corrected chi connectivity index (χ3v) is 8.84. The molecule has 3 heterocycles. The van der Waals surface area contributed by atoms with Crippen molar-refractivity contribution in [2.45, 2.75) is 38.4 Å². The van der Waals surface area contributed by atoms with E-state index in [1.807, 2.05) is 64.7 Å². The summed E-state index contributed by atoms with van der Waals surface area (Å²) in [6.45, 7) is 1.98. The van der Waals surface area contributed by atoms with Gasteiger partial charge in [0.05, 0.1) is 40.2 Å². The molecule has 13 heteroatoms. The standard InChI is InChI=1S/C33H37N9O4/c1-16(35)30(44)39-20(10-7-13-38-33(36)37)29(43)17(14-34)15-42-22-12-6-4-9-19(22)24-26-25(31(45)40-32(26)46)23-18-8-3-5-11-21(18)41(2)27(23)28(24)42/h3-6,8-9,11-12,16-17,20H,7,10,13-15,34-35H2,1-2H3,(H,39,44)(H4,36,37,38)(H,40,45,46)/t16-,17?,20-/m0/s1. The number of para-hydroxylation sites is 2. The number of rotatable bonds is 11. The van der Waals surface area contributed by atoms with Crippen molar-refractivity contribution in [2.24, 2.45) is 40.9 Å². The number of nitrogens with zero attached hydrogens (tertiary/aromatic N) is 3. The number of carbonyl (C=O) groups excluding carboxylic acids is 4. The Bertz CT molecular complexity index is 2100. The average Bonchev–Trinajstić information content (AvgIpc) is 3.63. The van der Waals surface area contributed by atoms with Crippen LogP contribution in [-0.2, 0) is 23.2 Å². The van der Waals surface area contributed by atoms with Gasteiger partial charge in [0.25, 0.3) is 11.8 Å². The van der Waals surface area contributed by atoms with E-state index in [-0.39, 0.29) is 37.8 Å². The molecular formula is C33H37N9O4. The highest BCUT2D eigenvalue weighted by Crippen LogP contribution is 2.44. The molecular weight excluding hydrogens is 586 g/mol. The summed E-state index contributed by atoms with van der Waals surface area (Å²) in [6.07, 6.45) is 0.715. The minimum atomic E-state index is -0.875. The lowest BCUT2D eigenvalue weighted by Gasteiger charge is -2.24. The largest absolute Gasteiger partial charge is 0.370 e. The van der Waals surface area contributed by atoms with E-state index in [0.717, 1.165) is 27.3 Å². The average molecular weight is 624 g/mol. The molecule has 0 fully saturated rings. The molecule has 0 spiro atoms. The summed E-state index contributed by atoms with van der Waals surface area (Å²) in [6, 6.07) is 13.6. The first-order valence-corrected chi connectivity index (χ1v) is 15.2. The van der Waals surface area contributed by atoms with Crippen molar-refractivity contribution in [1.82, 2.24) is 19.8 Å². The minimum absolute atomic E-state index is 0.00650. The molecule has 0 saturated carbocycles. The number of nitrogens with one attached hydrogen (secondary N) is 2. The Kier molecular flexibility index (Phi) is 7.96. The fourth-order valence-corrected chi connectivity index (χ4v) is 6.73. The van der Waals surface area contributed by atoms with Crippen molar-refractivity contribution in [3.8, 4) is 0 Å². The molecule has 5 aromatic rings. The second-order valence-electron chi connectivity index (χ2n) is 11.8. The quantitative estimate of drug-likeness (QED) is 0.0545. The van der Waals surface area contributed by atoms with E-state index >= 15 is 0 Å². The van der Waals surface area contributed by atoms with Crippen molar-refractivity contribution >= 4 is 73.1 Å². The molecule has 3 amide bonds. The number of fused-ring (bicyclic) bond motifs is 10. The van der Waals surface area contributed by atoms with E-state index in [4.69, 9.17) is 22.9 Å². The Morgan fingerprint density at radius 2 is 1.52 bits per heavy atom. The van der Waals surface area contributed by atoms with Gasteiger partial charge in [-0.3, -0.25) is 29.5 Å². The zero-order chi connectivity index (χ0) is 32.9. The van der Waals surface area contributed by atoms with E-state index in [2.05, 4.69) is 15.6 Å². The number of aliphatic imine (C=N–C) groups is 1. The van der Waals surface area contributed by atoms with E-state index in [1.54, 1.807) is 6.92 Å². The van der Waals surface area contributed by atoms with Gasteiger partial charge in [-0.15, -0.1) is 0 Å². The van der Waals surface area contributed by atoms with Gasteiger partial charge in [0, 0.05) is 59.3 Å². The molecule has 3 aromatic carbocycles. The van der Waals surface area contributed by atoms with Gasteiger partial charge in [0.2, 0.25) is 5.91 Å². The van der Waals surface area contributed by atoms with Crippen molar-refractivity contribution in [2.75, 3.05) is 13.1 Å². The second-order valence-corrected chi connectivity index (χ2v) is 11.8. The number of amides is 3. The molecule has 0 radical (unpaired) electrons. The lowest BCUT2D eigenvalue weighted by Crippen LogP contribution is -2.50. The SMILES string of the molecule is C[C@H](N)C(=O)N[C@@H](CCCN=C(N)N)C(=O)C(CN)Cn1c2ccccc2c2c3c(c4c5ccccc5n(C)c4c21)C(=O)NC3=O. The molecule has 1 aliphatic rings. The number of aromatic nitrogens is 2. The van der Waals surface area contributed by atoms with Crippen molar-refractivity contribution in [3.63, 3.8) is 0 Å². The van der Waals surface area contributed by atoms with Gasteiger partial charge in [0.1, 0.15) is 0 Å². The third-order valence-electron chi connectivity index (χ3n) is 8.84. The summed E-state index contributed by atoms with van der Waals surface area (Å²) < 4.78 is 4.04. The summed E-state index contributed by atoms with van der Waals surface area (Å²) in [4.78, 5) is 57.6. The minimum Gasteiger partial charge on any atom is -0.370 e. The fourth-order valence-electron chi connectivity index (χ4n) is 6.73. The summed E-state index contributed by atoms with van der Waals surface area (Å²) in [5, 5.41) is 8.22. The molecule has 1 unspecified atom stereocenters. The first-order chi connectivity index (χ1) is 22.0. The number of nitrogens with two attached hydrogens (primary N) is 4. The van der Waals surface area contributed by atoms with Gasteiger partial charge in [-0.25, -0.2) is 0 Å². The molecule has 238 valence electrons. The number of imide groups is 1. The van der Waals surface area contributed by atoms with Gasteiger partial charge >= 0.3 is 0 Å². The van der Waals surface area contributed by atoms with Gasteiger partial charge < -0.3 is 37.4 Å². The van der Waals surface area contributed by atoms with Crippen LogP contribution < -0.4 is 33.6 Å². The van der Waals surface area contributed by atoms with E-state index in [0.29, 0.717) is 33.8 Å². The van der Waals surface area contributed by atoms with E-state index in [1.165, 1.54) is 0 Å². The second kappa shape index (κ2) is 11.9. The zero-order valence-corrected chi connectivity index (χ0v) is 25.7. The van der Waals surface area contributed by atoms with Gasteiger partial charge in [-0.05, 0) is 31.9 Å². The molecule has 0 aliphatic carbocycles. The van der Waals surface area contributed by atoms with Crippen molar-refractivity contribution < 1.29 is 19.2 Å². The zero-order valence-electron chi connectivity index (χ0n) is 25.7. The number of Topliss-reactive ketones (excluding diaryl/α,β-unsaturated/α-hetero) is 1. The Labute approximate surface area is 263 Å². The lowest BCUT2D eigenvalue weighted by atomic mass is 9.94. The lowest BCUT2D eigenvalue weighted by molar-refractivity contribution is -0.130. The maximum absolute atomic E-state index is 14.2. The highest BCUT2D eigenvalue weighted by molar-refractivity contribution is 6.39. The predicted molar refractivity (Wildman–Crippen MR) is 178 cm³/mol. The highest BCUT2D eigenvalue weighted by atomic mass is 16.2. The normalized spacial score (nSPS) is 14.9. The summed E-state index contributed by atoms with van der Waals surface area (Å²) in [7, 11) is 1.93. The van der Waals surface area contributed by atoms with Crippen LogP contribution in [0.1, 0.15) is 40.5 Å². The van der Waals surface area contributed by atoms with Crippen LogP contribution in [-0.4, -0.2) is 63.8 Å². The van der Waals surface area contributed by atoms with Crippen LogP contribution in [0.5, 0.6) is 0 Å². The summed E-state index contributed by atoms with van der Waals surface area (Å²) >= 11 is 0. The predicted octanol–water partition coefficient (Wildman–Crippen LogP) is 1.35. The van der Waals surface area contributed by atoms with Crippen LogP contribution in [0.4, 0.5) is 0 Å². The van der Waals surface area contributed by atoms with Gasteiger partial charge in [-0.2, -0.15) is 0 Å². The molecule has 13 nitrogen and oxygen atoms in total. The Morgan fingerprint density at radius 3 is 2.13 bits per heavy atom. The van der Waals surface area contributed by atoms with Gasteiger partial charge in [-0.1, -0.05) is 36.4 Å². The van der Waals surface area contributed by atoms with Crippen LogP contribution >= 0.6 is 0 Å². The Balaban J connectivity index is 1.55. The number of hydrogen-bond donors (Lipinski definition) is 6. The number of benzene rings is 3. The van der Waals surface area contributed by atoms with Crippen LogP contribution in [0, 0.1) is 5.92 Å².